The number of para-hydroxylation sites is 1. The van der Waals surface area contributed by atoms with Crippen molar-refractivity contribution in [1.29, 1.82) is 0 Å². The molecule has 172 valence electrons. The molecular formula is C26H16Cl2N4O3. The van der Waals surface area contributed by atoms with Gasteiger partial charge in [-0.1, -0.05) is 71.7 Å². The van der Waals surface area contributed by atoms with Gasteiger partial charge in [0, 0.05) is 21.5 Å². The maximum Gasteiger partial charge on any atom is 0.297 e. The number of hydrogen-bond acceptors (Lipinski definition) is 5. The van der Waals surface area contributed by atoms with Gasteiger partial charge in [0.25, 0.3) is 11.8 Å². The van der Waals surface area contributed by atoms with Crippen LogP contribution in [0.15, 0.2) is 89.6 Å². The van der Waals surface area contributed by atoms with Gasteiger partial charge >= 0.3 is 0 Å². The minimum absolute atomic E-state index is 0.0474. The fourth-order valence-corrected chi connectivity index (χ4v) is 3.98. The smallest absolute Gasteiger partial charge is 0.297 e. The predicted octanol–water partition coefficient (Wildman–Crippen LogP) is 5.22. The van der Waals surface area contributed by atoms with Crippen LogP contribution in [0, 0.1) is 0 Å². The highest BCUT2D eigenvalue weighted by Gasteiger charge is 2.33. The molecule has 0 saturated carbocycles. The zero-order valence-corrected chi connectivity index (χ0v) is 19.5. The van der Waals surface area contributed by atoms with E-state index in [0.717, 1.165) is 15.9 Å². The summed E-state index contributed by atoms with van der Waals surface area (Å²) in [6.45, 7) is 0. The minimum atomic E-state index is -0.706. The summed E-state index contributed by atoms with van der Waals surface area (Å²) in [6.07, 6.45) is 1.53. The third-order valence-electron chi connectivity index (χ3n) is 5.31. The van der Waals surface area contributed by atoms with E-state index in [0.29, 0.717) is 11.1 Å². The highest BCUT2D eigenvalue weighted by Crippen LogP contribution is 2.27. The second kappa shape index (κ2) is 9.21. The van der Waals surface area contributed by atoms with Gasteiger partial charge in [-0.05, 0) is 36.4 Å². The van der Waals surface area contributed by atoms with E-state index >= 15 is 0 Å². The van der Waals surface area contributed by atoms with Crippen molar-refractivity contribution >= 4 is 57.8 Å². The molecule has 0 saturated heterocycles. The summed E-state index contributed by atoms with van der Waals surface area (Å²) in [7, 11) is 0. The van der Waals surface area contributed by atoms with E-state index in [1.165, 1.54) is 24.3 Å². The van der Waals surface area contributed by atoms with Crippen molar-refractivity contribution in [3.63, 3.8) is 0 Å². The molecule has 1 aromatic heterocycles. The first-order valence-electron chi connectivity index (χ1n) is 10.5. The van der Waals surface area contributed by atoms with Gasteiger partial charge < -0.3 is 5.11 Å². The van der Waals surface area contributed by atoms with E-state index in [1.54, 1.807) is 24.3 Å². The first kappa shape index (κ1) is 22.6. The number of aromatic nitrogens is 1. The van der Waals surface area contributed by atoms with E-state index in [9.17, 15) is 14.7 Å². The molecule has 0 spiro atoms. The van der Waals surface area contributed by atoms with Crippen molar-refractivity contribution < 1.29 is 14.7 Å². The van der Waals surface area contributed by atoms with Gasteiger partial charge in [0.2, 0.25) is 0 Å². The Morgan fingerprint density at radius 2 is 1.71 bits per heavy atom. The Morgan fingerprint density at radius 3 is 2.49 bits per heavy atom. The number of rotatable bonds is 4. The third kappa shape index (κ3) is 4.47. The molecule has 0 atom stereocenters. The van der Waals surface area contributed by atoms with Crippen molar-refractivity contribution in [2.45, 2.75) is 0 Å². The highest BCUT2D eigenvalue weighted by molar-refractivity contribution is 6.32. The standard InChI is InChI=1S/C26H16Cl2N4O3/c27-18-10-11-19(22(33)14-18)25(34)31-32-24(15-6-2-1-3-7-15)30-21(26(32)35)13-17-12-16-8-4-5-9-20(16)29-23(17)28/h1-14,33H,(H,31,34)/b21-13-. The number of amidine groups is 1. The van der Waals surface area contributed by atoms with Crippen molar-refractivity contribution in [3.05, 3.63) is 111 Å². The molecule has 2 N–H and O–H groups in total. The fourth-order valence-electron chi connectivity index (χ4n) is 3.62. The van der Waals surface area contributed by atoms with Crippen LogP contribution in [0.25, 0.3) is 17.0 Å². The number of aromatic hydroxyl groups is 1. The van der Waals surface area contributed by atoms with E-state index in [-0.39, 0.29) is 33.0 Å². The summed E-state index contributed by atoms with van der Waals surface area (Å²) >= 11 is 12.2. The molecule has 9 heteroatoms. The SMILES string of the molecule is O=C(NN1C(=O)/C(=C/c2cc3ccccc3nc2Cl)N=C1c1ccccc1)c1ccc(Cl)cc1O. The number of halogens is 2. The quantitative estimate of drug-likeness (QED) is 0.295. The van der Waals surface area contributed by atoms with E-state index < -0.39 is 11.8 Å². The second-order valence-electron chi connectivity index (χ2n) is 7.64. The highest BCUT2D eigenvalue weighted by atomic mass is 35.5. The van der Waals surface area contributed by atoms with Crippen LogP contribution in [0.4, 0.5) is 0 Å². The maximum atomic E-state index is 13.4. The van der Waals surface area contributed by atoms with Gasteiger partial charge in [0.05, 0.1) is 11.1 Å². The van der Waals surface area contributed by atoms with Crippen LogP contribution in [0.2, 0.25) is 10.2 Å². The van der Waals surface area contributed by atoms with Crippen LogP contribution in [0.5, 0.6) is 5.75 Å². The average Bonchev–Trinajstić information content (AvgIpc) is 3.15. The molecule has 0 aliphatic carbocycles. The van der Waals surface area contributed by atoms with Crippen LogP contribution in [0.1, 0.15) is 21.5 Å². The van der Waals surface area contributed by atoms with E-state index in [1.807, 2.05) is 36.4 Å². The molecule has 4 aromatic rings. The lowest BCUT2D eigenvalue weighted by Crippen LogP contribution is -2.47. The monoisotopic (exact) mass is 502 g/mol. The molecule has 2 amide bonds. The molecule has 0 bridgehead atoms. The lowest BCUT2D eigenvalue weighted by molar-refractivity contribution is -0.124. The number of nitrogens with one attached hydrogen (secondary N) is 1. The lowest BCUT2D eigenvalue weighted by Gasteiger charge is -2.19. The summed E-state index contributed by atoms with van der Waals surface area (Å²) in [5.74, 6) is -1.38. The number of amides is 2. The number of aliphatic imine (C=N–C) groups is 1. The van der Waals surface area contributed by atoms with E-state index in [4.69, 9.17) is 23.2 Å². The predicted molar refractivity (Wildman–Crippen MR) is 135 cm³/mol. The van der Waals surface area contributed by atoms with Gasteiger partial charge in [-0.3, -0.25) is 15.0 Å². The Kier molecular flexibility index (Phi) is 5.94. The molecule has 1 aliphatic rings. The Hall–Kier alpha value is -4.20. The summed E-state index contributed by atoms with van der Waals surface area (Å²) in [4.78, 5) is 35.1. The molecule has 5 rings (SSSR count). The number of carbonyl (C=O) groups is 2. The number of phenolic OH excluding ortho intramolecular Hbond substituents is 1. The van der Waals surface area contributed by atoms with Crippen molar-refractivity contribution in [1.82, 2.24) is 15.4 Å². The lowest BCUT2D eigenvalue weighted by atomic mass is 10.1. The Balaban J connectivity index is 1.54. The van der Waals surface area contributed by atoms with Gasteiger partial charge in [-0.15, -0.1) is 0 Å². The molecule has 0 unspecified atom stereocenters. The molecular weight excluding hydrogens is 487 g/mol. The average molecular weight is 503 g/mol. The van der Waals surface area contributed by atoms with Crippen molar-refractivity contribution in [3.8, 4) is 5.75 Å². The van der Waals surface area contributed by atoms with Crippen LogP contribution in [-0.4, -0.2) is 32.7 Å². The summed E-state index contributed by atoms with van der Waals surface area (Å²) in [5.41, 5.74) is 4.38. The van der Waals surface area contributed by atoms with Crippen LogP contribution in [-0.2, 0) is 4.79 Å². The Bertz CT molecular complexity index is 1550. The zero-order chi connectivity index (χ0) is 24.5. The maximum absolute atomic E-state index is 13.4. The number of nitrogens with zero attached hydrogens (tertiary/aromatic N) is 3. The first-order chi connectivity index (χ1) is 16.9. The topological polar surface area (TPSA) is 94.9 Å². The zero-order valence-electron chi connectivity index (χ0n) is 17.9. The normalized spacial score (nSPS) is 14.5. The summed E-state index contributed by atoms with van der Waals surface area (Å²) in [6, 6.07) is 22.3. The van der Waals surface area contributed by atoms with Crippen LogP contribution < -0.4 is 5.43 Å². The largest absolute Gasteiger partial charge is 0.507 e. The molecule has 2 heterocycles. The summed E-state index contributed by atoms with van der Waals surface area (Å²) < 4.78 is 0. The first-order valence-corrected chi connectivity index (χ1v) is 11.2. The number of benzene rings is 3. The second-order valence-corrected chi connectivity index (χ2v) is 8.43. The molecule has 7 nitrogen and oxygen atoms in total. The van der Waals surface area contributed by atoms with Crippen LogP contribution in [0.3, 0.4) is 0 Å². The Labute approximate surface area is 209 Å². The number of hydrazine groups is 1. The molecule has 1 aliphatic heterocycles. The van der Waals surface area contributed by atoms with Crippen molar-refractivity contribution in [2.24, 2.45) is 4.99 Å². The fraction of sp³-hybridized carbons (Fsp3) is 0. The molecule has 3 aromatic carbocycles. The number of phenols is 1. The number of carbonyl (C=O) groups excluding carboxylic acids is 2. The van der Waals surface area contributed by atoms with Crippen LogP contribution >= 0.6 is 23.2 Å². The number of fused-ring (bicyclic) bond motifs is 1. The molecule has 0 fully saturated rings. The van der Waals surface area contributed by atoms with Gasteiger partial charge in [-0.2, -0.15) is 5.01 Å². The minimum Gasteiger partial charge on any atom is -0.507 e. The molecule has 35 heavy (non-hydrogen) atoms. The number of pyridine rings is 1. The third-order valence-corrected chi connectivity index (χ3v) is 5.84. The molecule has 0 radical (unpaired) electrons. The number of hydrogen-bond donors (Lipinski definition) is 2. The van der Waals surface area contributed by atoms with Crippen molar-refractivity contribution in [2.75, 3.05) is 0 Å². The Morgan fingerprint density at radius 1 is 0.971 bits per heavy atom. The van der Waals surface area contributed by atoms with Gasteiger partial charge in [-0.25, -0.2) is 9.98 Å². The van der Waals surface area contributed by atoms with Gasteiger partial charge in [0.1, 0.15) is 16.6 Å². The van der Waals surface area contributed by atoms with Gasteiger partial charge in [0.15, 0.2) is 5.84 Å². The summed E-state index contributed by atoms with van der Waals surface area (Å²) in [5, 5.41) is 12.5. The van der Waals surface area contributed by atoms with E-state index in [2.05, 4.69) is 15.4 Å².